The smallest absolute Gasteiger partial charge is 0.328 e. The minimum atomic E-state index is -1.24. The van der Waals surface area contributed by atoms with Gasteiger partial charge in [0.05, 0.1) is 4.88 Å². The lowest BCUT2D eigenvalue weighted by atomic mass is 10.4. The van der Waals surface area contributed by atoms with Gasteiger partial charge in [0.1, 0.15) is 0 Å². The SMILES string of the molecule is O=C(O)C=CC(=O)NNC(=O)c1cccs1. The van der Waals surface area contributed by atoms with Gasteiger partial charge in [0.15, 0.2) is 0 Å². The fourth-order valence-electron chi connectivity index (χ4n) is 0.776. The van der Waals surface area contributed by atoms with Crippen LogP contribution < -0.4 is 10.9 Å². The third-order valence-electron chi connectivity index (χ3n) is 1.42. The summed E-state index contributed by atoms with van der Waals surface area (Å²) in [6.07, 6.45) is 1.48. The molecule has 0 bridgehead atoms. The minimum absolute atomic E-state index is 0.447. The number of carboxylic acid groups (broad SMARTS) is 1. The molecule has 0 fully saturated rings. The molecule has 1 rings (SSSR count). The van der Waals surface area contributed by atoms with Gasteiger partial charge in [-0.15, -0.1) is 11.3 Å². The van der Waals surface area contributed by atoms with Crippen LogP contribution in [0.2, 0.25) is 0 Å². The van der Waals surface area contributed by atoms with E-state index >= 15 is 0 Å². The van der Waals surface area contributed by atoms with Crippen molar-refractivity contribution in [3.8, 4) is 0 Å². The Kier molecular flexibility index (Phi) is 4.22. The largest absolute Gasteiger partial charge is 0.478 e. The van der Waals surface area contributed by atoms with Crippen molar-refractivity contribution < 1.29 is 19.5 Å². The Morgan fingerprint density at radius 1 is 1.25 bits per heavy atom. The number of rotatable bonds is 3. The summed E-state index contributed by atoms with van der Waals surface area (Å²) in [5, 5.41) is 9.96. The first-order valence-electron chi connectivity index (χ1n) is 4.14. The van der Waals surface area contributed by atoms with Crippen molar-refractivity contribution in [3.63, 3.8) is 0 Å². The van der Waals surface area contributed by atoms with Gasteiger partial charge in [0, 0.05) is 12.2 Å². The number of carbonyl (C=O) groups excluding carboxylic acids is 2. The van der Waals surface area contributed by atoms with Crippen molar-refractivity contribution in [2.75, 3.05) is 0 Å². The molecule has 0 radical (unpaired) electrons. The van der Waals surface area contributed by atoms with E-state index in [9.17, 15) is 14.4 Å². The number of nitrogens with one attached hydrogen (secondary N) is 2. The fraction of sp³-hybridized carbons (Fsp3) is 0. The van der Waals surface area contributed by atoms with Crippen LogP contribution in [0.3, 0.4) is 0 Å². The van der Waals surface area contributed by atoms with Crippen LogP contribution in [0, 0.1) is 0 Å². The third kappa shape index (κ3) is 3.93. The van der Waals surface area contributed by atoms with Crippen molar-refractivity contribution in [2.24, 2.45) is 0 Å². The van der Waals surface area contributed by atoms with E-state index in [1.165, 1.54) is 11.3 Å². The first-order chi connectivity index (χ1) is 7.59. The van der Waals surface area contributed by atoms with Gasteiger partial charge in [-0.2, -0.15) is 0 Å². The van der Waals surface area contributed by atoms with Crippen LogP contribution in [-0.4, -0.2) is 22.9 Å². The number of carbonyl (C=O) groups is 3. The summed E-state index contributed by atoms with van der Waals surface area (Å²) in [7, 11) is 0. The van der Waals surface area contributed by atoms with Gasteiger partial charge in [0.2, 0.25) is 0 Å². The molecule has 0 saturated heterocycles. The summed E-state index contributed by atoms with van der Waals surface area (Å²) >= 11 is 1.23. The zero-order valence-corrected chi connectivity index (χ0v) is 8.78. The summed E-state index contributed by atoms with van der Waals surface area (Å²) in [4.78, 5) is 32.8. The van der Waals surface area contributed by atoms with E-state index in [-0.39, 0.29) is 0 Å². The minimum Gasteiger partial charge on any atom is -0.478 e. The van der Waals surface area contributed by atoms with E-state index in [4.69, 9.17) is 5.11 Å². The molecule has 0 aromatic carbocycles. The molecule has 3 N–H and O–H groups in total. The zero-order valence-electron chi connectivity index (χ0n) is 7.97. The number of hydrazine groups is 1. The van der Waals surface area contributed by atoms with Crippen molar-refractivity contribution in [2.45, 2.75) is 0 Å². The van der Waals surface area contributed by atoms with Crippen LogP contribution in [0.4, 0.5) is 0 Å². The van der Waals surface area contributed by atoms with Crippen molar-refractivity contribution in [1.29, 1.82) is 0 Å². The molecule has 0 aliphatic rings. The summed E-state index contributed by atoms with van der Waals surface area (Å²) in [5.74, 6) is -2.40. The Morgan fingerprint density at radius 2 is 2.00 bits per heavy atom. The molecule has 1 aromatic heterocycles. The van der Waals surface area contributed by atoms with E-state index in [0.717, 1.165) is 6.08 Å². The standard InChI is InChI=1S/C9H8N2O4S/c12-7(3-4-8(13)14)10-11-9(15)6-2-1-5-16-6/h1-5H,(H,10,12)(H,11,15)(H,13,14). The first kappa shape index (κ1) is 11.9. The van der Waals surface area contributed by atoms with Gasteiger partial charge in [-0.1, -0.05) is 6.07 Å². The maximum absolute atomic E-state index is 11.3. The zero-order chi connectivity index (χ0) is 12.0. The highest BCUT2D eigenvalue weighted by molar-refractivity contribution is 7.12. The van der Waals surface area contributed by atoms with Gasteiger partial charge >= 0.3 is 5.97 Å². The highest BCUT2D eigenvalue weighted by atomic mass is 32.1. The van der Waals surface area contributed by atoms with E-state index in [0.29, 0.717) is 11.0 Å². The van der Waals surface area contributed by atoms with Crippen LogP contribution in [0.15, 0.2) is 29.7 Å². The lowest BCUT2D eigenvalue weighted by Gasteiger charge is -2.02. The second-order valence-corrected chi connectivity index (χ2v) is 3.54. The Labute approximate surface area is 94.6 Å². The Morgan fingerprint density at radius 3 is 2.56 bits per heavy atom. The molecule has 2 amide bonds. The van der Waals surface area contributed by atoms with Gasteiger partial charge in [-0.3, -0.25) is 20.4 Å². The molecule has 0 unspecified atom stereocenters. The van der Waals surface area contributed by atoms with Crippen molar-refractivity contribution in [1.82, 2.24) is 10.9 Å². The monoisotopic (exact) mass is 240 g/mol. The highest BCUT2D eigenvalue weighted by Gasteiger charge is 2.06. The molecule has 84 valence electrons. The van der Waals surface area contributed by atoms with Crippen LogP contribution in [-0.2, 0) is 9.59 Å². The average Bonchev–Trinajstić information content (AvgIpc) is 2.76. The summed E-state index contributed by atoms with van der Waals surface area (Å²) in [5.41, 5.74) is 4.18. The number of aliphatic carboxylic acids is 1. The van der Waals surface area contributed by atoms with E-state index in [2.05, 4.69) is 5.43 Å². The molecule has 6 nitrogen and oxygen atoms in total. The maximum Gasteiger partial charge on any atom is 0.328 e. The Bertz CT molecular complexity index is 425. The van der Waals surface area contributed by atoms with Crippen molar-refractivity contribution >= 4 is 29.1 Å². The predicted molar refractivity (Wildman–Crippen MR) is 56.7 cm³/mol. The predicted octanol–water partition coefficient (Wildman–Crippen LogP) is 0.150. The molecule has 0 aliphatic carbocycles. The Balaban J connectivity index is 2.38. The van der Waals surface area contributed by atoms with Gasteiger partial charge in [-0.25, -0.2) is 4.79 Å². The molecular formula is C9H8N2O4S. The number of carboxylic acids is 1. The molecule has 1 aromatic rings. The number of hydrogen-bond donors (Lipinski definition) is 3. The molecule has 0 spiro atoms. The molecule has 1 heterocycles. The maximum atomic E-state index is 11.3. The van der Waals surface area contributed by atoms with Gasteiger partial charge in [-0.05, 0) is 11.4 Å². The van der Waals surface area contributed by atoms with Crippen LogP contribution in [0.1, 0.15) is 9.67 Å². The molecule has 0 atom stereocenters. The second-order valence-electron chi connectivity index (χ2n) is 2.59. The molecule has 16 heavy (non-hydrogen) atoms. The number of hydrogen-bond acceptors (Lipinski definition) is 4. The highest BCUT2D eigenvalue weighted by Crippen LogP contribution is 2.06. The second kappa shape index (κ2) is 5.66. The molecule has 0 saturated carbocycles. The number of thiophene rings is 1. The van der Waals surface area contributed by atoms with Crippen LogP contribution >= 0.6 is 11.3 Å². The topological polar surface area (TPSA) is 95.5 Å². The van der Waals surface area contributed by atoms with Crippen molar-refractivity contribution in [3.05, 3.63) is 34.5 Å². The quantitative estimate of drug-likeness (QED) is 0.517. The molecule has 0 aliphatic heterocycles. The van der Waals surface area contributed by atoms with Gasteiger partial charge < -0.3 is 5.11 Å². The molecular weight excluding hydrogens is 232 g/mol. The van der Waals surface area contributed by atoms with E-state index in [1.807, 2.05) is 5.43 Å². The summed E-state index contributed by atoms with van der Waals surface area (Å²) in [6, 6.07) is 3.30. The van der Waals surface area contributed by atoms with E-state index < -0.39 is 17.8 Å². The van der Waals surface area contributed by atoms with E-state index in [1.54, 1.807) is 17.5 Å². The average molecular weight is 240 g/mol. The fourth-order valence-corrected chi connectivity index (χ4v) is 1.40. The summed E-state index contributed by atoms with van der Waals surface area (Å²) < 4.78 is 0. The normalized spacial score (nSPS) is 10.0. The number of amides is 2. The molecule has 7 heteroatoms. The Hall–Kier alpha value is -2.15. The lowest BCUT2D eigenvalue weighted by Crippen LogP contribution is -2.40. The van der Waals surface area contributed by atoms with Gasteiger partial charge in [0.25, 0.3) is 11.8 Å². The first-order valence-corrected chi connectivity index (χ1v) is 5.02. The lowest BCUT2D eigenvalue weighted by molar-refractivity contribution is -0.131. The summed E-state index contributed by atoms with van der Waals surface area (Å²) in [6.45, 7) is 0. The third-order valence-corrected chi connectivity index (χ3v) is 2.29. The van der Waals surface area contributed by atoms with Crippen LogP contribution in [0.25, 0.3) is 0 Å². The van der Waals surface area contributed by atoms with Crippen LogP contribution in [0.5, 0.6) is 0 Å².